The summed E-state index contributed by atoms with van der Waals surface area (Å²) in [6.45, 7) is 3.60. The van der Waals surface area contributed by atoms with Gasteiger partial charge < -0.3 is 19.9 Å². The Morgan fingerprint density at radius 1 is 1.47 bits per heavy atom. The molecule has 2 unspecified atom stereocenters. The maximum atomic E-state index is 11.3. The topological polar surface area (TPSA) is 101 Å². The minimum absolute atomic E-state index is 0.0191. The minimum Gasteiger partial charge on any atom is -0.475 e. The highest BCUT2D eigenvalue weighted by Crippen LogP contribution is 2.36. The fraction of sp³-hybridized carbons (Fsp3) is 0.632. The second kappa shape index (κ2) is 10.7. The maximum absolute atomic E-state index is 11.3. The Kier molecular flexibility index (Phi) is 8.56. The van der Waals surface area contributed by atoms with Gasteiger partial charge in [-0.15, -0.1) is 0 Å². The third-order valence-electron chi connectivity index (χ3n) is 4.89. The molecular formula is C19H26F3N3O5. The van der Waals surface area contributed by atoms with Gasteiger partial charge in [0.25, 0.3) is 0 Å². The number of hydrogen-bond donors (Lipinski definition) is 2. The molecule has 168 valence electrons. The number of nitrogens with zero attached hydrogens (tertiary/aromatic N) is 2. The van der Waals surface area contributed by atoms with Gasteiger partial charge in [0.2, 0.25) is 5.91 Å². The number of aliphatic carboxylic acids is 1. The van der Waals surface area contributed by atoms with Crippen molar-refractivity contribution in [2.45, 2.75) is 43.7 Å². The van der Waals surface area contributed by atoms with Gasteiger partial charge in [-0.2, -0.15) is 13.2 Å². The van der Waals surface area contributed by atoms with Crippen molar-refractivity contribution in [3.8, 4) is 0 Å². The molecule has 1 aromatic rings. The van der Waals surface area contributed by atoms with E-state index in [1.54, 1.807) is 13.2 Å². The molecule has 30 heavy (non-hydrogen) atoms. The molecule has 3 heterocycles. The normalized spacial score (nSPS) is 24.2. The number of likely N-dealkylation sites (tertiary alicyclic amines) is 1. The maximum Gasteiger partial charge on any atom is 0.490 e. The number of pyridine rings is 1. The zero-order valence-electron chi connectivity index (χ0n) is 16.7. The lowest BCUT2D eigenvalue weighted by molar-refractivity contribution is -0.192. The number of amides is 1. The van der Waals surface area contributed by atoms with E-state index in [1.807, 2.05) is 12.3 Å². The number of rotatable bonds is 5. The average Bonchev–Trinajstić information content (AvgIpc) is 3.08. The number of alkyl halides is 3. The van der Waals surface area contributed by atoms with E-state index in [0.717, 1.165) is 38.9 Å². The van der Waals surface area contributed by atoms with Crippen LogP contribution in [0.2, 0.25) is 0 Å². The number of carbonyl (C=O) groups is 2. The molecule has 0 radical (unpaired) electrons. The fourth-order valence-corrected chi connectivity index (χ4v) is 3.53. The van der Waals surface area contributed by atoms with E-state index in [1.165, 1.54) is 5.56 Å². The van der Waals surface area contributed by atoms with Gasteiger partial charge in [0.15, 0.2) is 0 Å². The van der Waals surface area contributed by atoms with Crippen LogP contribution >= 0.6 is 0 Å². The van der Waals surface area contributed by atoms with Crippen LogP contribution in [0.1, 0.15) is 24.8 Å². The van der Waals surface area contributed by atoms with Crippen LogP contribution in [-0.4, -0.2) is 78.1 Å². The second-order valence-corrected chi connectivity index (χ2v) is 7.28. The molecule has 2 saturated heterocycles. The van der Waals surface area contributed by atoms with Gasteiger partial charge >= 0.3 is 12.1 Å². The molecule has 2 aliphatic heterocycles. The predicted octanol–water partition coefficient (Wildman–Crippen LogP) is 1.60. The first-order valence-corrected chi connectivity index (χ1v) is 9.51. The van der Waals surface area contributed by atoms with Gasteiger partial charge in [0, 0.05) is 39.0 Å². The molecular weight excluding hydrogens is 407 g/mol. The van der Waals surface area contributed by atoms with Crippen LogP contribution in [0.4, 0.5) is 13.2 Å². The number of halogens is 3. The van der Waals surface area contributed by atoms with Crippen LogP contribution in [0.5, 0.6) is 0 Å². The van der Waals surface area contributed by atoms with E-state index in [2.05, 4.69) is 21.3 Å². The van der Waals surface area contributed by atoms with Gasteiger partial charge in [-0.3, -0.25) is 14.7 Å². The van der Waals surface area contributed by atoms with E-state index in [4.69, 9.17) is 19.4 Å². The molecule has 2 fully saturated rings. The Morgan fingerprint density at radius 2 is 2.20 bits per heavy atom. The van der Waals surface area contributed by atoms with Crippen LogP contribution < -0.4 is 5.32 Å². The van der Waals surface area contributed by atoms with Gasteiger partial charge in [0.05, 0.1) is 18.3 Å². The summed E-state index contributed by atoms with van der Waals surface area (Å²) < 4.78 is 43.5. The molecule has 0 saturated carbocycles. The smallest absolute Gasteiger partial charge is 0.475 e. The van der Waals surface area contributed by atoms with Crippen LogP contribution in [0.25, 0.3) is 0 Å². The molecule has 0 bridgehead atoms. The molecule has 0 aliphatic carbocycles. The van der Waals surface area contributed by atoms with Gasteiger partial charge in [0.1, 0.15) is 6.61 Å². The SMILES string of the molecule is CNC(=O)COC1COC2(CCCN(Cc3cccnc3)C2)C1.O=C(O)C(F)(F)F. The first kappa shape index (κ1) is 24.0. The molecule has 2 atom stereocenters. The lowest BCUT2D eigenvalue weighted by Gasteiger charge is -2.39. The fourth-order valence-electron chi connectivity index (χ4n) is 3.53. The quantitative estimate of drug-likeness (QED) is 0.728. The monoisotopic (exact) mass is 433 g/mol. The third kappa shape index (κ3) is 7.54. The summed E-state index contributed by atoms with van der Waals surface area (Å²) in [6, 6.07) is 4.09. The number of aromatic nitrogens is 1. The summed E-state index contributed by atoms with van der Waals surface area (Å²) in [5.74, 6) is -2.85. The first-order chi connectivity index (χ1) is 14.1. The number of carboxylic acid groups (broad SMARTS) is 1. The van der Waals surface area contributed by atoms with Crippen molar-refractivity contribution in [3.05, 3.63) is 30.1 Å². The van der Waals surface area contributed by atoms with Gasteiger partial charge in [-0.25, -0.2) is 4.79 Å². The number of ether oxygens (including phenoxy) is 2. The first-order valence-electron chi connectivity index (χ1n) is 9.51. The highest BCUT2D eigenvalue weighted by molar-refractivity contribution is 5.76. The van der Waals surface area contributed by atoms with Crippen molar-refractivity contribution in [1.82, 2.24) is 15.2 Å². The van der Waals surface area contributed by atoms with Crippen LogP contribution in [0.3, 0.4) is 0 Å². The van der Waals surface area contributed by atoms with Crippen LogP contribution in [0.15, 0.2) is 24.5 Å². The van der Waals surface area contributed by atoms with Crippen molar-refractivity contribution >= 4 is 11.9 Å². The minimum atomic E-state index is -5.08. The lowest BCUT2D eigenvalue weighted by Crippen LogP contribution is -2.47. The van der Waals surface area contributed by atoms with Gasteiger partial charge in [-0.1, -0.05) is 6.07 Å². The number of hydrogen-bond acceptors (Lipinski definition) is 6. The van der Waals surface area contributed by atoms with E-state index in [-0.39, 0.29) is 24.2 Å². The van der Waals surface area contributed by atoms with E-state index in [9.17, 15) is 18.0 Å². The van der Waals surface area contributed by atoms with Gasteiger partial charge in [-0.05, 0) is 31.0 Å². The molecule has 3 rings (SSSR count). The molecule has 11 heteroatoms. The average molecular weight is 433 g/mol. The summed E-state index contributed by atoms with van der Waals surface area (Å²) in [6.07, 6.45) is 1.72. The zero-order chi connectivity index (χ0) is 22.2. The zero-order valence-corrected chi connectivity index (χ0v) is 16.7. The van der Waals surface area contributed by atoms with Crippen molar-refractivity contribution in [3.63, 3.8) is 0 Å². The van der Waals surface area contributed by atoms with Crippen molar-refractivity contribution in [1.29, 1.82) is 0 Å². The third-order valence-corrected chi connectivity index (χ3v) is 4.89. The molecule has 1 amide bonds. The standard InChI is InChI=1S/C17H25N3O3.C2HF3O2/c1-18-16(21)12-22-15-8-17(23-11-15)5-3-7-20(13-17)10-14-4-2-6-19-9-14;3-2(4,5)1(6)7/h2,4,6,9,15H,3,5,7-8,10-13H2,1H3,(H,18,21);(H,6,7). The molecule has 1 spiro atoms. The Hall–Kier alpha value is -2.24. The second-order valence-electron chi connectivity index (χ2n) is 7.28. The molecule has 1 aromatic heterocycles. The van der Waals surface area contributed by atoms with Crippen LogP contribution in [0, 0.1) is 0 Å². The Labute approximate surface area is 172 Å². The summed E-state index contributed by atoms with van der Waals surface area (Å²) in [4.78, 5) is 26.8. The van der Waals surface area contributed by atoms with Crippen molar-refractivity contribution in [2.24, 2.45) is 0 Å². The van der Waals surface area contributed by atoms with E-state index in [0.29, 0.717) is 6.61 Å². The molecule has 2 aliphatic rings. The number of carboxylic acids is 1. The predicted molar refractivity (Wildman–Crippen MR) is 99.5 cm³/mol. The van der Waals surface area contributed by atoms with Crippen LogP contribution in [-0.2, 0) is 25.6 Å². The lowest BCUT2D eigenvalue weighted by atomic mass is 9.89. The molecule has 2 N–H and O–H groups in total. The number of likely N-dealkylation sites (N-methyl/N-ethyl adjacent to an activating group) is 1. The van der Waals surface area contributed by atoms with Crippen molar-refractivity contribution < 1.29 is 37.3 Å². The number of piperidine rings is 1. The summed E-state index contributed by atoms with van der Waals surface area (Å²) in [5, 5.41) is 9.70. The van der Waals surface area contributed by atoms with E-state index < -0.39 is 12.1 Å². The summed E-state index contributed by atoms with van der Waals surface area (Å²) in [5.41, 5.74) is 1.11. The summed E-state index contributed by atoms with van der Waals surface area (Å²) in [7, 11) is 1.62. The van der Waals surface area contributed by atoms with Crippen molar-refractivity contribution in [2.75, 3.05) is 33.4 Å². The highest BCUT2D eigenvalue weighted by Gasteiger charge is 2.44. The number of carbonyl (C=O) groups excluding carboxylic acids is 1. The Balaban J connectivity index is 0.000000396. The molecule has 8 nitrogen and oxygen atoms in total. The Bertz CT molecular complexity index is 704. The Morgan fingerprint density at radius 3 is 2.80 bits per heavy atom. The molecule has 0 aromatic carbocycles. The highest BCUT2D eigenvalue weighted by atomic mass is 19.4. The number of nitrogens with one attached hydrogen (secondary N) is 1. The summed E-state index contributed by atoms with van der Waals surface area (Å²) >= 11 is 0. The largest absolute Gasteiger partial charge is 0.490 e. The van der Waals surface area contributed by atoms with E-state index >= 15 is 0 Å².